The van der Waals surface area contributed by atoms with Gasteiger partial charge in [-0.05, 0) is 45.8 Å². The van der Waals surface area contributed by atoms with Crippen molar-refractivity contribution in [1.82, 2.24) is 29.6 Å². The van der Waals surface area contributed by atoms with Crippen molar-refractivity contribution >= 4 is 22.7 Å². The third-order valence-electron chi connectivity index (χ3n) is 6.38. The number of pyridine rings is 1. The number of piperidine rings is 1. The monoisotopic (exact) mass is 422 g/mol. The number of nitrogens with one attached hydrogen (secondary N) is 1. The number of aryl methyl sites for hydroxylation is 1. The third-order valence-corrected chi connectivity index (χ3v) is 6.38. The Hall–Kier alpha value is -2.78. The number of aromatic nitrogens is 5. The van der Waals surface area contributed by atoms with E-state index in [4.69, 9.17) is 20.4 Å². The Bertz CT molecular complexity index is 1070. The van der Waals surface area contributed by atoms with Gasteiger partial charge in [0, 0.05) is 30.1 Å². The zero-order valence-corrected chi connectivity index (χ0v) is 18.2. The molecule has 3 aromatic rings. The van der Waals surface area contributed by atoms with Gasteiger partial charge in [0.25, 0.3) is 0 Å². The molecule has 3 N–H and O–H groups in total. The fourth-order valence-corrected chi connectivity index (χ4v) is 4.44. The van der Waals surface area contributed by atoms with E-state index in [-0.39, 0.29) is 6.04 Å². The lowest BCUT2D eigenvalue weighted by molar-refractivity contribution is 0.195. The van der Waals surface area contributed by atoms with Crippen molar-refractivity contribution in [2.45, 2.75) is 44.7 Å². The summed E-state index contributed by atoms with van der Waals surface area (Å²) in [6, 6.07) is 0.683. The SMILES string of the molecule is CCc1nc2c(N)ncc(-c3cnn(C4CCN(C)CC4)c3)c2nc1N[C@H]1CCOC1. The maximum atomic E-state index is 6.20. The van der Waals surface area contributed by atoms with Gasteiger partial charge in [-0.2, -0.15) is 5.10 Å². The van der Waals surface area contributed by atoms with Crippen molar-refractivity contribution in [3.63, 3.8) is 0 Å². The van der Waals surface area contributed by atoms with E-state index in [1.807, 2.05) is 6.20 Å². The number of hydrogen-bond acceptors (Lipinski definition) is 8. The van der Waals surface area contributed by atoms with Crippen LogP contribution in [0.1, 0.15) is 37.9 Å². The van der Waals surface area contributed by atoms with Crippen LogP contribution >= 0.6 is 0 Å². The Morgan fingerprint density at radius 2 is 2.00 bits per heavy atom. The number of nitrogen functional groups attached to an aromatic ring is 1. The number of hydrogen-bond donors (Lipinski definition) is 2. The number of likely N-dealkylation sites (tertiary alicyclic amines) is 1. The smallest absolute Gasteiger partial charge is 0.151 e. The van der Waals surface area contributed by atoms with Crippen LogP contribution in [-0.2, 0) is 11.2 Å². The molecule has 9 nitrogen and oxygen atoms in total. The predicted octanol–water partition coefficient (Wildman–Crippen LogP) is 2.50. The highest BCUT2D eigenvalue weighted by Gasteiger charge is 2.22. The number of fused-ring (bicyclic) bond motifs is 1. The summed E-state index contributed by atoms with van der Waals surface area (Å²) in [5, 5.41) is 8.20. The lowest BCUT2D eigenvalue weighted by Crippen LogP contribution is -2.31. The van der Waals surface area contributed by atoms with E-state index in [9.17, 15) is 0 Å². The summed E-state index contributed by atoms with van der Waals surface area (Å²) in [5.74, 6) is 1.21. The molecule has 2 aliphatic heterocycles. The molecule has 5 heterocycles. The molecular formula is C22H30N8O. The molecule has 1 atom stereocenters. The summed E-state index contributed by atoms with van der Waals surface area (Å²) in [5.41, 5.74) is 10.4. The van der Waals surface area contributed by atoms with Gasteiger partial charge in [-0.15, -0.1) is 0 Å². The Kier molecular flexibility index (Phi) is 5.45. The summed E-state index contributed by atoms with van der Waals surface area (Å²) in [6.07, 6.45) is 9.74. The summed E-state index contributed by atoms with van der Waals surface area (Å²) >= 11 is 0. The molecule has 2 fully saturated rings. The number of nitrogens with two attached hydrogens (primary N) is 1. The maximum absolute atomic E-state index is 6.20. The second-order valence-electron chi connectivity index (χ2n) is 8.58. The van der Waals surface area contributed by atoms with E-state index in [1.165, 1.54) is 0 Å². The van der Waals surface area contributed by atoms with E-state index >= 15 is 0 Å². The van der Waals surface area contributed by atoms with Gasteiger partial charge in [0.15, 0.2) is 5.82 Å². The minimum Gasteiger partial charge on any atom is -0.382 e. The average Bonchev–Trinajstić information content (AvgIpc) is 3.47. The second-order valence-corrected chi connectivity index (χ2v) is 8.58. The first kappa shape index (κ1) is 20.1. The van der Waals surface area contributed by atoms with Crippen LogP contribution in [0.5, 0.6) is 0 Å². The topological polar surface area (TPSA) is 107 Å². The summed E-state index contributed by atoms with van der Waals surface area (Å²) < 4.78 is 7.61. The molecule has 9 heteroatoms. The van der Waals surface area contributed by atoms with Gasteiger partial charge in [-0.3, -0.25) is 4.68 Å². The van der Waals surface area contributed by atoms with Gasteiger partial charge in [0.2, 0.25) is 0 Å². The molecule has 0 aliphatic carbocycles. The highest BCUT2D eigenvalue weighted by Crippen LogP contribution is 2.32. The van der Waals surface area contributed by atoms with Crippen LogP contribution < -0.4 is 11.1 Å². The van der Waals surface area contributed by atoms with Gasteiger partial charge in [-0.1, -0.05) is 6.92 Å². The molecule has 5 rings (SSSR count). The van der Waals surface area contributed by atoms with Crippen molar-refractivity contribution in [1.29, 1.82) is 0 Å². The highest BCUT2D eigenvalue weighted by molar-refractivity contribution is 5.96. The summed E-state index contributed by atoms with van der Waals surface area (Å²) in [6.45, 7) is 5.73. The van der Waals surface area contributed by atoms with E-state index < -0.39 is 0 Å². The fourth-order valence-electron chi connectivity index (χ4n) is 4.44. The summed E-state index contributed by atoms with van der Waals surface area (Å²) in [7, 11) is 2.17. The van der Waals surface area contributed by atoms with Crippen LogP contribution in [0.4, 0.5) is 11.6 Å². The van der Waals surface area contributed by atoms with Crippen molar-refractivity contribution in [2.75, 3.05) is 44.4 Å². The van der Waals surface area contributed by atoms with Crippen molar-refractivity contribution < 1.29 is 4.74 Å². The number of anilines is 2. The van der Waals surface area contributed by atoms with Crippen LogP contribution in [0, 0.1) is 0 Å². The average molecular weight is 423 g/mol. The molecule has 0 radical (unpaired) electrons. The number of ether oxygens (including phenoxy) is 1. The van der Waals surface area contributed by atoms with E-state index in [2.05, 4.69) is 45.1 Å². The number of nitrogens with zero attached hydrogens (tertiary/aromatic N) is 6. The molecule has 31 heavy (non-hydrogen) atoms. The number of rotatable bonds is 5. The summed E-state index contributed by atoms with van der Waals surface area (Å²) in [4.78, 5) is 16.6. The standard InChI is InChI=1S/C22H30N8O/c1-3-18-22(26-15-6-9-31-13-15)28-19-17(11-24-21(23)20(19)27-18)14-10-25-30(12-14)16-4-7-29(2)8-5-16/h10-12,15-16H,3-9,13H2,1-2H3,(H2,23,24)(H,26,28)/t15-/m0/s1. The molecule has 2 aliphatic rings. The minimum atomic E-state index is 0.256. The minimum absolute atomic E-state index is 0.256. The molecule has 0 aromatic carbocycles. The van der Waals surface area contributed by atoms with E-state index in [1.54, 1.807) is 6.20 Å². The quantitative estimate of drug-likeness (QED) is 0.646. The Morgan fingerprint density at radius 1 is 1.16 bits per heavy atom. The van der Waals surface area contributed by atoms with E-state index in [0.717, 1.165) is 73.5 Å². The molecule has 0 amide bonds. The van der Waals surface area contributed by atoms with Gasteiger partial charge in [0.05, 0.1) is 30.6 Å². The molecule has 0 bridgehead atoms. The maximum Gasteiger partial charge on any atom is 0.151 e. The van der Waals surface area contributed by atoms with E-state index in [0.29, 0.717) is 24.0 Å². The highest BCUT2D eigenvalue weighted by atomic mass is 16.5. The van der Waals surface area contributed by atoms with Crippen molar-refractivity contribution in [2.24, 2.45) is 0 Å². The molecule has 0 saturated carbocycles. The molecule has 164 valence electrons. The molecule has 2 saturated heterocycles. The largest absolute Gasteiger partial charge is 0.382 e. The van der Waals surface area contributed by atoms with Crippen LogP contribution in [-0.4, -0.2) is 69.0 Å². The molecule has 0 unspecified atom stereocenters. The first-order valence-electron chi connectivity index (χ1n) is 11.1. The van der Waals surface area contributed by atoms with Crippen LogP contribution in [0.25, 0.3) is 22.2 Å². The fraction of sp³-hybridized carbons (Fsp3) is 0.545. The van der Waals surface area contributed by atoms with Gasteiger partial charge in [0.1, 0.15) is 16.9 Å². The Labute approximate surface area is 182 Å². The molecule has 0 spiro atoms. The first-order valence-corrected chi connectivity index (χ1v) is 11.1. The van der Waals surface area contributed by atoms with Crippen LogP contribution in [0.2, 0.25) is 0 Å². The van der Waals surface area contributed by atoms with Crippen LogP contribution in [0.15, 0.2) is 18.6 Å². The zero-order valence-electron chi connectivity index (χ0n) is 18.2. The van der Waals surface area contributed by atoms with Gasteiger partial charge in [-0.25, -0.2) is 15.0 Å². The van der Waals surface area contributed by atoms with Crippen LogP contribution in [0.3, 0.4) is 0 Å². The molecule has 3 aromatic heterocycles. The first-order chi connectivity index (χ1) is 15.1. The molecular weight excluding hydrogens is 392 g/mol. The van der Waals surface area contributed by atoms with Crippen molar-refractivity contribution in [3.8, 4) is 11.1 Å². The third kappa shape index (κ3) is 3.95. The van der Waals surface area contributed by atoms with Gasteiger partial charge >= 0.3 is 0 Å². The second kappa shape index (κ2) is 8.39. The van der Waals surface area contributed by atoms with Gasteiger partial charge < -0.3 is 20.7 Å². The Balaban J connectivity index is 1.53. The predicted molar refractivity (Wildman–Crippen MR) is 121 cm³/mol. The zero-order chi connectivity index (χ0) is 21.4. The van der Waals surface area contributed by atoms with Crippen molar-refractivity contribution in [3.05, 3.63) is 24.3 Å². The lowest BCUT2D eigenvalue weighted by atomic mass is 10.1. The normalized spacial score (nSPS) is 20.5. The Morgan fingerprint density at radius 3 is 2.74 bits per heavy atom. The lowest BCUT2D eigenvalue weighted by Gasteiger charge is -2.28.